The fraction of sp³-hybridized carbons (Fsp3) is 0.435. The van der Waals surface area contributed by atoms with Crippen LogP contribution in [0.4, 0.5) is 13.2 Å². The number of hydrogen-bond donors (Lipinski definition) is 0. The summed E-state index contributed by atoms with van der Waals surface area (Å²) in [5, 5.41) is 0. The molecule has 0 saturated carbocycles. The molecule has 160 valence electrons. The zero-order chi connectivity index (χ0) is 21.2. The van der Waals surface area contributed by atoms with Crippen molar-refractivity contribution in [2.75, 3.05) is 32.8 Å². The van der Waals surface area contributed by atoms with Gasteiger partial charge in [-0.3, -0.25) is 9.69 Å². The summed E-state index contributed by atoms with van der Waals surface area (Å²) in [6, 6.07) is 15.3. The third kappa shape index (κ3) is 4.84. The third-order valence-electron chi connectivity index (χ3n) is 5.80. The van der Waals surface area contributed by atoms with Gasteiger partial charge in [-0.15, -0.1) is 0 Å². The maximum Gasteiger partial charge on any atom is 0.416 e. The Hall–Kier alpha value is -2.38. The molecule has 0 radical (unpaired) electrons. The first-order valence-electron chi connectivity index (χ1n) is 10.1. The lowest BCUT2D eigenvalue weighted by atomic mass is 9.87. The Balaban J connectivity index is 1.46. The molecule has 4 nitrogen and oxygen atoms in total. The van der Waals surface area contributed by atoms with Gasteiger partial charge in [-0.1, -0.05) is 48.5 Å². The van der Waals surface area contributed by atoms with Crippen molar-refractivity contribution in [2.45, 2.75) is 25.7 Å². The lowest BCUT2D eigenvalue weighted by Crippen LogP contribution is -2.40. The van der Waals surface area contributed by atoms with E-state index in [9.17, 15) is 18.0 Å². The summed E-state index contributed by atoms with van der Waals surface area (Å²) in [6.45, 7) is 3.82. The smallest absolute Gasteiger partial charge is 0.379 e. The van der Waals surface area contributed by atoms with Crippen LogP contribution in [0.3, 0.4) is 0 Å². The maximum absolute atomic E-state index is 13.0. The molecule has 1 amide bonds. The third-order valence-corrected chi connectivity index (χ3v) is 5.80. The van der Waals surface area contributed by atoms with E-state index in [4.69, 9.17) is 4.74 Å². The number of nitrogens with zero attached hydrogens (tertiary/aromatic N) is 2. The van der Waals surface area contributed by atoms with Gasteiger partial charge in [-0.05, 0) is 17.2 Å². The van der Waals surface area contributed by atoms with Crippen LogP contribution in [0.25, 0.3) is 0 Å². The zero-order valence-corrected chi connectivity index (χ0v) is 16.7. The molecule has 2 aliphatic heterocycles. The summed E-state index contributed by atoms with van der Waals surface area (Å²) in [6.07, 6.45) is -3.95. The van der Waals surface area contributed by atoms with E-state index in [0.717, 1.165) is 11.6 Å². The first-order valence-corrected chi connectivity index (χ1v) is 10.1. The Morgan fingerprint density at radius 1 is 0.967 bits per heavy atom. The van der Waals surface area contributed by atoms with Crippen LogP contribution in [-0.4, -0.2) is 48.6 Å². The molecule has 2 aliphatic rings. The van der Waals surface area contributed by atoms with E-state index in [-0.39, 0.29) is 11.3 Å². The van der Waals surface area contributed by atoms with Gasteiger partial charge in [-0.2, -0.15) is 13.2 Å². The van der Waals surface area contributed by atoms with E-state index in [1.165, 1.54) is 12.1 Å². The van der Waals surface area contributed by atoms with Gasteiger partial charge in [0, 0.05) is 44.6 Å². The highest BCUT2D eigenvalue weighted by Crippen LogP contribution is 2.36. The van der Waals surface area contributed by atoms with Crippen LogP contribution in [0.1, 0.15) is 23.1 Å². The first kappa shape index (κ1) is 20.9. The summed E-state index contributed by atoms with van der Waals surface area (Å²) in [4.78, 5) is 16.7. The molecule has 2 aromatic rings. The van der Waals surface area contributed by atoms with Crippen molar-refractivity contribution in [3.8, 4) is 0 Å². The molecule has 7 heteroatoms. The van der Waals surface area contributed by atoms with Gasteiger partial charge in [0.2, 0.25) is 5.91 Å². The number of likely N-dealkylation sites (tertiary alicyclic amines) is 1. The van der Waals surface area contributed by atoms with Crippen molar-refractivity contribution in [3.63, 3.8) is 0 Å². The van der Waals surface area contributed by atoms with E-state index in [1.807, 2.05) is 35.2 Å². The number of benzene rings is 2. The van der Waals surface area contributed by atoms with Crippen LogP contribution in [-0.2, 0) is 28.8 Å². The number of rotatable bonds is 4. The summed E-state index contributed by atoms with van der Waals surface area (Å²) in [5.74, 6) is 0.100. The number of hydrogen-bond acceptors (Lipinski definition) is 3. The SMILES string of the molecule is O=C1C[C@@]2(COCCN(Cc3cccc(C(F)(F)F)c3)C2)CN1Cc1ccccc1. The fourth-order valence-corrected chi connectivity index (χ4v) is 4.45. The minimum atomic E-state index is -4.35. The monoisotopic (exact) mass is 418 g/mol. The minimum Gasteiger partial charge on any atom is -0.379 e. The first-order chi connectivity index (χ1) is 14.3. The normalized spacial score (nSPS) is 23.2. The molecule has 0 unspecified atom stereocenters. The summed E-state index contributed by atoms with van der Waals surface area (Å²) < 4.78 is 44.9. The highest BCUT2D eigenvalue weighted by Gasteiger charge is 2.45. The van der Waals surface area contributed by atoms with E-state index in [2.05, 4.69) is 4.90 Å². The molecular formula is C23H25F3N2O2. The van der Waals surface area contributed by atoms with Gasteiger partial charge in [0.25, 0.3) is 0 Å². The molecule has 1 atom stereocenters. The fourth-order valence-electron chi connectivity index (χ4n) is 4.45. The molecular weight excluding hydrogens is 393 g/mol. The predicted octanol–water partition coefficient (Wildman–Crippen LogP) is 3.96. The van der Waals surface area contributed by atoms with E-state index in [1.54, 1.807) is 6.07 Å². The molecule has 1 spiro atoms. The Labute approximate surface area is 174 Å². The summed E-state index contributed by atoms with van der Waals surface area (Å²) in [5.41, 5.74) is 0.737. The predicted molar refractivity (Wildman–Crippen MR) is 106 cm³/mol. The summed E-state index contributed by atoms with van der Waals surface area (Å²) in [7, 11) is 0. The van der Waals surface area contributed by atoms with Crippen molar-refractivity contribution >= 4 is 5.91 Å². The highest BCUT2D eigenvalue weighted by molar-refractivity contribution is 5.79. The molecule has 2 fully saturated rings. The van der Waals surface area contributed by atoms with Crippen LogP contribution in [0.5, 0.6) is 0 Å². The van der Waals surface area contributed by atoms with Crippen molar-refractivity contribution in [3.05, 3.63) is 71.3 Å². The molecule has 2 heterocycles. The van der Waals surface area contributed by atoms with Crippen molar-refractivity contribution in [1.29, 1.82) is 0 Å². The van der Waals surface area contributed by atoms with Gasteiger partial charge in [-0.25, -0.2) is 0 Å². The van der Waals surface area contributed by atoms with Gasteiger partial charge < -0.3 is 9.64 Å². The number of carbonyl (C=O) groups excluding carboxylic acids is 1. The quantitative estimate of drug-likeness (QED) is 0.754. The Morgan fingerprint density at radius 3 is 2.50 bits per heavy atom. The summed E-state index contributed by atoms with van der Waals surface area (Å²) >= 11 is 0. The second kappa shape index (κ2) is 8.40. The standard InChI is InChI=1S/C23H25F3N2O2/c24-23(25,26)20-8-4-7-19(11-20)13-27-9-10-30-17-22(15-27)12-21(29)28(16-22)14-18-5-2-1-3-6-18/h1-8,11H,9-10,12-17H2/t22-/m0/s1. The van der Waals surface area contributed by atoms with Gasteiger partial charge in [0.05, 0.1) is 18.8 Å². The van der Waals surface area contributed by atoms with E-state index < -0.39 is 11.7 Å². The molecule has 0 N–H and O–H groups in total. The van der Waals surface area contributed by atoms with Crippen LogP contribution in [0.2, 0.25) is 0 Å². The Morgan fingerprint density at radius 2 is 1.73 bits per heavy atom. The number of halogens is 3. The topological polar surface area (TPSA) is 32.8 Å². The van der Waals surface area contributed by atoms with Crippen molar-refractivity contribution in [1.82, 2.24) is 9.80 Å². The van der Waals surface area contributed by atoms with Crippen LogP contribution in [0.15, 0.2) is 54.6 Å². The lowest BCUT2D eigenvalue weighted by Gasteiger charge is -2.31. The van der Waals surface area contributed by atoms with Crippen LogP contribution < -0.4 is 0 Å². The molecule has 30 heavy (non-hydrogen) atoms. The second-order valence-electron chi connectivity index (χ2n) is 8.37. The zero-order valence-electron chi connectivity index (χ0n) is 16.7. The molecule has 4 rings (SSSR count). The Kier molecular flexibility index (Phi) is 5.84. The van der Waals surface area contributed by atoms with E-state index in [0.29, 0.717) is 57.9 Å². The second-order valence-corrected chi connectivity index (χ2v) is 8.37. The molecule has 2 saturated heterocycles. The number of carbonyl (C=O) groups is 1. The highest BCUT2D eigenvalue weighted by atomic mass is 19.4. The van der Waals surface area contributed by atoms with Gasteiger partial charge >= 0.3 is 6.18 Å². The average Bonchev–Trinajstić information content (AvgIpc) is 2.87. The lowest BCUT2D eigenvalue weighted by molar-refractivity contribution is -0.137. The maximum atomic E-state index is 13.0. The number of alkyl halides is 3. The van der Waals surface area contributed by atoms with Crippen molar-refractivity contribution in [2.24, 2.45) is 5.41 Å². The minimum absolute atomic E-state index is 0.100. The molecule has 0 aliphatic carbocycles. The Bertz CT molecular complexity index is 888. The van der Waals surface area contributed by atoms with Crippen LogP contribution in [0, 0.1) is 5.41 Å². The number of amides is 1. The van der Waals surface area contributed by atoms with Gasteiger partial charge in [0.15, 0.2) is 0 Å². The molecule has 0 bridgehead atoms. The van der Waals surface area contributed by atoms with E-state index >= 15 is 0 Å². The average molecular weight is 418 g/mol. The largest absolute Gasteiger partial charge is 0.416 e. The van der Waals surface area contributed by atoms with Gasteiger partial charge in [0.1, 0.15) is 0 Å². The molecule has 0 aromatic heterocycles. The van der Waals surface area contributed by atoms with Crippen molar-refractivity contribution < 1.29 is 22.7 Å². The number of ether oxygens (including phenoxy) is 1. The van der Waals surface area contributed by atoms with Crippen LogP contribution >= 0.6 is 0 Å². The molecule has 2 aromatic carbocycles.